The standard InChI is InChI=1S/C18H31N5O2S/c1-4-23-13-5-6-16(23)14-21-18(19-3)20-11-12-22-26(24,25)17-9-7-15(2)8-10-17/h7-10,16,22H,4-6,11-14H2,1-3H3,(H2,19,20,21). The van der Waals surface area contributed by atoms with Crippen LogP contribution in [-0.4, -0.2) is 65.1 Å². The number of hydrogen-bond acceptors (Lipinski definition) is 4. The van der Waals surface area contributed by atoms with Crippen molar-refractivity contribution in [3.8, 4) is 0 Å². The summed E-state index contributed by atoms with van der Waals surface area (Å²) < 4.78 is 27.1. The van der Waals surface area contributed by atoms with E-state index >= 15 is 0 Å². The summed E-state index contributed by atoms with van der Waals surface area (Å²) >= 11 is 0. The molecular formula is C18H31N5O2S. The third-order valence-electron chi connectivity index (χ3n) is 4.67. The second-order valence-corrected chi connectivity index (χ2v) is 8.28. The summed E-state index contributed by atoms with van der Waals surface area (Å²) in [4.78, 5) is 6.95. The Bertz CT molecular complexity index is 688. The fourth-order valence-corrected chi connectivity index (χ4v) is 4.18. The minimum atomic E-state index is -3.47. The summed E-state index contributed by atoms with van der Waals surface area (Å²) in [6.07, 6.45) is 2.45. The molecule has 3 N–H and O–H groups in total. The topological polar surface area (TPSA) is 85.8 Å². The molecule has 0 amide bonds. The van der Waals surface area contributed by atoms with Crippen molar-refractivity contribution in [1.82, 2.24) is 20.3 Å². The van der Waals surface area contributed by atoms with Gasteiger partial charge in [0.05, 0.1) is 4.90 Å². The average Bonchev–Trinajstić information content (AvgIpc) is 3.09. The molecule has 1 aromatic carbocycles. The zero-order valence-corrected chi connectivity index (χ0v) is 16.8. The lowest BCUT2D eigenvalue weighted by atomic mass is 10.2. The van der Waals surface area contributed by atoms with Gasteiger partial charge in [-0.2, -0.15) is 0 Å². The Morgan fingerprint density at radius 2 is 1.96 bits per heavy atom. The number of guanidine groups is 1. The Morgan fingerprint density at radius 3 is 2.62 bits per heavy atom. The van der Waals surface area contributed by atoms with Gasteiger partial charge in [-0.25, -0.2) is 13.1 Å². The molecule has 1 fully saturated rings. The lowest BCUT2D eigenvalue weighted by Crippen LogP contribution is -2.46. The molecule has 0 radical (unpaired) electrons. The lowest BCUT2D eigenvalue weighted by Gasteiger charge is -2.24. The largest absolute Gasteiger partial charge is 0.355 e. The second-order valence-electron chi connectivity index (χ2n) is 6.52. The van der Waals surface area contributed by atoms with Crippen LogP contribution >= 0.6 is 0 Å². The van der Waals surface area contributed by atoms with Crippen LogP contribution in [0.3, 0.4) is 0 Å². The Balaban J connectivity index is 1.72. The molecule has 8 heteroatoms. The molecule has 1 aliphatic rings. The molecule has 26 heavy (non-hydrogen) atoms. The maximum atomic E-state index is 12.2. The van der Waals surface area contributed by atoms with Gasteiger partial charge in [0.25, 0.3) is 0 Å². The molecule has 2 rings (SSSR count). The number of aliphatic imine (C=N–C) groups is 1. The van der Waals surface area contributed by atoms with Gasteiger partial charge >= 0.3 is 0 Å². The van der Waals surface area contributed by atoms with E-state index in [1.54, 1.807) is 31.3 Å². The van der Waals surface area contributed by atoms with Crippen molar-refractivity contribution in [3.05, 3.63) is 29.8 Å². The summed E-state index contributed by atoms with van der Waals surface area (Å²) in [5, 5.41) is 6.48. The molecular weight excluding hydrogens is 350 g/mol. The van der Waals surface area contributed by atoms with Crippen molar-refractivity contribution >= 4 is 16.0 Å². The van der Waals surface area contributed by atoms with Crippen molar-refractivity contribution in [2.24, 2.45) is 4.99 Å². The van der Waals surface area contributed by atoms with E-state index in [0.717, 1.165) is 25.2 Å². The summed E-state index contributed by atoms with van der Waals surface area (Å²) in [5.41, 5.74) is 1.03. The smallest absolute Gasteiger partial charge is 0.240 e. The van der Waals surface area contributed by atoms with Crippen LogP contribution in [0.1, 0.15) is 25.3 Å². The van der Waals surface area contributed by atoms with Crippen molar-refractivity contribution < 1.29 is 8.42 Å². The molecule has 0 bridgehead atoms. The van der Waals surface area contributed by atoms with Crippen LogP contribution in [0.2, 0.25) is 0 Å². The maximum absolute atomic E-state index is 12.2. The Labute approximate surface area is 157 Å². The molecule has 0 aliphatic carbocycles. The quantitative estimate of drug-likeness (QED) is 0.354. The van der Waals surface area contributed by atoms with E-state index in [0.29, 0.717) is 25.1 Å². The molecule has 7 nitrogen and oxygen atoms in total. The zero-order valence-electron chi connectivity index (χ0n) is 16.0. The molecule has 1 heterocycles. The van der Waals surface area contributed by atoms with Gasteiger partial charge in [0.1, 0.15) is 0 Å². The van der Waals surface area contributed by atoms with E-state index < -0.39 is 10.0 Å². The van der Waals surface area contributed by atoms with E-state index in [-0.39, 0.29) is 4.90 Å². The number of rotatable bonds is 8. The predicted molar refractivity (Wildman–Crippen MR) is 106 cm³/mol. The molecule has 1 aliphatic heterocycles. The van der Waals surface area contributed by atoms with E-state index in [1.165, 1.54) is 12.8 Å². The molecule has 0 spiro atoms. The van der Waals surface area contributed by atoms with Crippen LogP contribution < -0.4 is 15.4 Å². The van der Waals surface area contributed by atoms with E-state index in [4.69, 9.17) is 0 Å². The van der Waals surface area contributed by atoms with Crippen molar-refractivity contribution in [2.45, 2.75) is 37.6 Å². The van der Waals surface area contributed by atoms with E-state index in [9.17, 15) is 8.42 Å². The van der Waals surface area contributed by atoms with Gasteiger partial charge in [0.15, 0.2) is 5.96 Å². The van der Waals surface area contributed by atoms with Crippen LogP contribution in [0.5, 0.6) is 0 Å². The average molecular weight is 382 g/mol. The third kappa shape index (κ3) is 5.96. The van der Waals surface area contributed by atoms with E-state index in [1.807, 2.05) is 6.92 Å². The SMILES string of the molecule is CCN1CCCC1CNC(=NC)NCCNS(=O)(=O)c1ccc(C)cc1. The van der Waals surface area contributed by atoms with Gasteiger partial charge in [-0.05, 0) is 45.0 Å². The molecule has 146 valence electrons. The van der Waals surface area contributed by atoms with Gasteiger partial charge in [0.2, 0.25) is 10.0 Å². The Kier molecular flexibility index (Phi) is 7.86. The summed E-state index contributed by atoms with van der Waals surface area (Å²) in [6.45, 7) is 7.95. The van der Waals surface area contributed by atoms with Gasteiger partial charge in [-0.3, -0.25) is 9.89 Å². The number of benzene rings is 1. The molecule has 1 saturated heterocycles. The summed E-state index contributed by atoms with van der Waals surface area (Å²) in [6, 6.07) is 7.36. The zero-order chi connectivity index (χ0) is 19.0. The van der Waals surface area contributed by atoms with Gasteiger partial charge < -0.3 is 10.6 Å². The second kappa shape index (κ2) is 9.89. The Morgan fingerprint density at radius 1 is 1.23 bits per heavy atom. The number of sulfonamides is 1. The molecule has 1 aromatic rings. The first-order valence-corrected chi connectivity index (χ1v) is 10.7. The first-order valence-electron chi connectivity index (χ1n) is 9.21. The van der Waals surface area contributed by atoms with Crippen molar-refractivity contribution in [3.63, 3.8) is 0 Å². The van der Waals surface area contributed by atoms with Gasteiger partial charge in [-0.1, -0.05) is 24.6 Å². The first kappa shape index (κ1) is 20.7. The van der Waals surface area contributed by atoms with Gasteiger partial charge in [-0.15, -0.1) is 0 Å². The molecule has 1 unspecified atom stereocenters. The summed E-state index contributed by atoms with van der Waals surface area (Å²) in [5.74, 6) is 0.697. The predicted octanol–water partition coefficient (Wildman–Crippen LogP) is 0.923. The fraction of sp³-hybridized carbons (Fsp3) is 0.611. The highest BCUT2D eigenvalue weighted by Crippen LogP contribution is 2.15. The number of hydrogen-bond donors (Lipinski definition) is 3. The maximum Gasteiger partial charge on any atom is 0.240 e. The highest BCUT2D eigenvalue weighted by atomic mass is 32.2. The fourth-order valence-electron chi connectivity index (χ4n) is 3.14. The van der Waals surface area contributed by atoms with Crippen LogP contribution in [0.4, 0.5) is 0 Å². The first-order chi connectivity index (χ1) is 12.5. The molecule has 0 saturated carbocycles. The highest BCUT2D eigenvalue weighted by molar-refractivity contribution is 7.89. The Hall–Kier alpha value is -1.64. The van der Waals surface area contributed by atoms with Crippen LogP contribution in [0, 0.1) is 6.92 Å². The normalized spacial score (nSPS) is 18.9. The number of aryl methyl sites for hydroxylation is 1. The highest BCUT2D eigenvalue weighted by Gasteiger charge is 2.22. The number of nitrogens with zero attached hydrogens (tertiary/aromatic N) is 2. The number of likely N-dealkylation sites (tertiary alicyclic amines) is 1. The summed E-state index contributed by atoms with van der Waals surface area (Å²) in [7, 11) is -1.75. The third-order valence-corrected chi connectivity index (χ3v) is 6.15. The van der Waals surface area contributed by atoms with E-state index in [2.05, 4.69) is 32.2 Å². The lowest BCUT2D eigenvalue weighted by molar-refractivity contribution is 0.267. The minimum Gasteiger partial charge on any atom is -0.355 e. The van der Waals surface area contributed by atoms with Gasteiger partial charge in [0, 0.05) is 32.7 Å². The van der Waals surface area contributed by atoms with Crippen molar-refractivity contribution in [1.29, 1.82) is 0 Å². The number of nitrogens with one attached hydrogen (secondary N) is 3. The number of likely N-dealkylation sites (N-methyl/N-ethyl adjacent to an activating group) is 1. The monoisotopic (exact) mass is 381 g/mol. The molecule has 1 atom stereocenters. The van der Waals surface area contributed by atoms with Crippen molar-refractivity contribution in [2.75, 3.05) is 39.8 Å². The molecule has 0 aromatic heterocycles. The minimum absolute atomic E-state index is 0.284. The van der Waals surface area contributed by atoms with Crippen LogP contribution in [0.15, 0.2) is 34.2 Å². The van der Waals surface area contributed by atoms with Crippen LogP contribution in [0.25, 0.3) is 0 Å². The van der Waals surface area contributed by atoms with Crippen LogP contribution in [-0.2, 0) is 10.0 Å².